The minimum atomic E-state index is -0.313. The van der Waals surface area contributed by atoms with Crippen LogP contribution in [0.5, 0.6) is 0 Å². The number of rotatable bonds is 2. The highest BCUT2D eigenvalue weighted by Crippen LogP contribution is 2.30. The van der Waals surface area contributed by atoms with Gasteiger partial charge in [0.2, 0.25) is 0 Å². The number of amides is 1. The molecular weight excluding hydrogens is 331 g/mol. The Hall–Kier alpha value is -1.68. The zero-order valence-corrected chi connectivity index (χ0v) is 12.9. The molecule has 2 aromatic carbocycles. The first-order valence-corrected chi connectivity index (χ1v) is 7.22. The zero-order valence-electron chi connectivity index (χ0n) is 10.6. The van der Waals surface area contributed by atoms with Gasteiger partial charge in [-0.2, -0.15) is 0 Å². The van der Waals surface area contributed by atoms with E-state index in [-0.39, 0.29) is 5.91 Å². The van der Waals surface area contributed by atoms with Crippen LogP contribution in [0.25, 0.3) is 10.9 Å². The molecule has 0 radical (unpaired) electrons. The first kappa shape index (κ1) is 14.3. The number of anilines is 1. The zero-order chi connectivity index (χ0) is 15.0. The van der Waals surface area contributed by atoms with E-state index in [0.29, 0.717) is 26.4 Å². The monoisotopic (exact) mass is 338 g/mol. The summed E-state index contributed by atoms with van der Waals surface area (Å²) in [6, 6.07) is 12.2. The summed E-state index contributed by atoms with van der Waals surface area (Å²) in [6.45, 7) is 0. The van der Waals surface area contributed by atoms with E-state index >= 15 is 0 Å². The van der Waals surface area contributed by atoms with Crippen molar-refractivity contribution in [3.8, 4) is 0 Å². The fraction of sp³-hybridized carbons (Fsp3) is 0. The molecule has 0 atom stereocenters. The van der Waals surface area contributed by atoms with Crippen molar-refractivity contribution >= 4 is 57.3 Å². The van der Waals surface area contributed by atoms with Crippen LogP contribution in [0.2, 0.25) is 15.1 Å². The summed E-state index contributed by atoms with van der Waals surface area (Å²) >= 11 is 18.1. The van der Waals surface area contributed by atoms with Gasteiger partial charge in [0.15, 0.2) is 0 Å². The Bertz CT molecular complexity index is 842. The summed E-state index contributed by atoms with van der Waals surface area (Å²) in [4.78, 5) is 15.3. The van der Waals surface area contributed by atoms with Gasteiger partial charge in [0.1, 0.15) is 5.69 Å². The van der Waals surface area contributed by atoms with Crippen molar-refractivity contribution in [2.24, 2.45) is 0 Å². The van der Waals surface area contributed by atoms with Crippen LogP contribution in [0.15, 0.2) is 42.5 Å². The lowest BCUT2D eigenvalue weighted by Crippen LogP contribution is -2.12. The highest BCUT2D eigenvalue weighted by atomic mass is 35.5. The topological polar surface area (TPSA) is 44.9 Å². The smallest absolute Gasteiger partial charge is 0.272 e. The van der Waals surface area contributed by atoms with Crippen LogP contribution in [0, 0.1) is 0 Å². The van der Waals surface area contributed by atoms with E-state index in [2.05, 4.69) is 10.3 Å². The molecule has 2 N–H and O–H groups in total. The van der Waals surface area contributed by atoms with Crippen molar-refractivity contribution in [1.82, 2.24) is 4.98 Å². The molecule has 0 saturated carbocycles. The minimum absolute atomic E-state index is 0.307. The van der Waals surface area contributed by atoms with Gasteiger partial charge in [0, 0.05) is 5.39 Å². The highest BCUT2D eigenvalue weighted by Gasteiger charge is 2.13. The lowest BCUT2D eigenvalue weighted by molar-refractivity contribution is 0.102. The largest absolute Gasteiger partial charge is 0.349 e. The Morgan fingerprint density at radius 2 is 1.71 bits per heavy atom. The van der Waals surface area contributed by atoms with Crippen LogP contribution < -0.4 is 5.32 Å². The van der Waals surface area contributed by atoms with Gasteiger partial charge in [-0.25, -0.2) is 0 Å². The highest BCUT2D eigenvalue weighted by molar-refractivity contribution is 6.44. The van der Waals surface area contributed by atoms with E-state index in [9.17, 15) is 4.79 Å². The number of hydrogen-bond donors (Lipinski definition) is 2. The number of aromatic amines is 1. The van der Waals surface area contributed by atoms with Crippen LogP contribution in [0.1, 0.15) is 10.5 Å². The van der Waals surface area contributed by atoms with E-state index in [0.717, 1.165) is 10.9 Å². The predicted molar refractivity (Wildman–Crippen MR) is 87.7 cm³/mol. The van der Waals surface area contributed by atoms with Crippen molar-refractivity contribution in [2.75, 3.05) is 5.32 Å². The van der Waals surface area contributed by atoms with E-state index in [1.54, 1.807) is 30.3 Å². The summed E-state index contributed by atoms with van der Waals surface area (Å²) < 4.78 is 0. The maximum absolute atomic E-state index is 12.3. The lowest BCUT2D eigenvalue weighted by atomic mass is 10.2. The van der Waals surface area contributed by atoms with Crippen LogP contribution in [-0.2, 0) is 0 Å². The van der Waals surface area contributed by atoms with E-state index in [4.69, 9.17) is 34.8 Å². The molecule has 3 aromatic rings. The molecule has 21 heavy (non-hydrogen) atoms. The summed E-state index contributed by atoms with van der Waals surface area (Å²) in [6.07, 6.45) is 0. The molecular formula is C15H9Cl3N2O. The first-order valence-electron chi connectivity index (χ1n) is 6.09. The second-order valence-corrected chi connectivity index (χ2v) is 5.63. The molecule has 1 heterocycles. The third-order valence-corrected chi connectivity index (χ3v) is 4.18. The van der Waals surface area contributed by atoms with Gasteiger partial charge in [-0.05, 0) is 24.3 Å². The van der Waals surface area contributed by atoms with Gasteiger partial charge in [-0.15, -0.1) is 0 Å². The molecule has 0 fully saturated rings. The quantitative estimate of drug-likeness (QED) is 0.647. The van der Waals surface area contributed by atoms with E-state index in [1.807, 2.05) is 12.1 Å². The third-order valence-electron chi connectivity index (χ3n) is 3.05. The summed E-state index contributed by atoms with van der Waals surface area (Å²) in [7, 11) is 0. The molecule has 0 spiro atoms. The van der Waals surface area contributed by atoms with Crippen molar-refractivity contribution < 1.29 is 4.79 Å². The Labute approximate surface area is 135 Å². The number of carbonyl (C=O) groups is 1. The average Bonchev–Trinajstić information content (AvgIpc) is 2.89. The molecule has 1 aromatic heterocycles. The van der Waals surface area contributed by atoms with E-state index in [1.165, 1.54) is 0 Å². The molecule has 0 bridgehead atoms. The second-order valence-electron chi connectivity index (χ2n) is 4.44. The van der Waals surface area contributed by atoms with Crippen molar-refractivity contribution in [3.05, 3.63) is 63.2 Å². The van der Waals surface area contributed by atoms with Crippen LogP contribution in [0.3, 0.4) is 0 Å². The number of para-hydroxylation sites is 1. The molecule has 0 unspecified atom stereocenters. The molecule has 0 aliphatic carbocycles. The van der Waals surface area contributed by atoms with Gasteiger partial charge in [0.05, 0.1) is 26.3 Å². The second kappa shape index (κ2) is 5.60. The Kier molecular flexibility index (Phi) is 3.81. The predicted octanol–water partition coefficient (Wildman–Crippen LogP) is 5.38. The summed E-state index contributed by atoms with van der Waals surface area (Å²) in [5.74, 6) is -0.313. The standard InChI is InChI=1S/C15H9Cl3N2O/c16-9-4-2-6-11(13(9)18)20-15(21)12-7-8-3-1-5-10(17)14(8)19-12/h1-7,19H,(H,20,21). The van der Waals surface area contributed by atoms with Crippen LogP contribution in [-0.4, -0.2) is 10.9 Å². The van der Waals surface area contributed by atoms with E-state index < -0.39 is 0 Å². The van der Waals surface area contributed by atoms with Gasteiger partial charge >= 0.3 is 0 Å². The van der Waals surface area contributed by atoms with Gasteiger partial charge in [-0.1, -0.05) is 53.0 Å². The number of H-pyrrole nitrogens is 1. The number of benzene rings is 2. The summed E-state index contributed by atoms with van der Waals surface area (Å²) in [5.41, 5.74) is 1.58. The van der Waals surface area contributed by atoms with Crippen LogP contribution >= 0.6 is 34.8 Å². The molecule has 0 aliphatic rings. The number of carbonyl (C=O) groups excluding carboxylic acids is 1. The molecule has 1 amide bonds. The number of aromatic nitrogens is 1. The Balaban J connectivity index is 1.94. The van der Waals surface area contributed by atoms with Crippen molar-refractivity contribution in [3.63, 3.8) is 0 Å². The normalized spacial score (nSPS) is 10.8. The SMILES string of the molecule is O=C(Nc1cccc(Cl)c1Cl)c1cc2cccc(Cl)c2[nH]1. The molecule has 0 saturated heterocycles. The number of fused-ring (bicyclic) bond motifs is 1. The van der Waals surface area contributed by atoms with Crippen molar-refractivity contribution in [2.45, 2.75) is 0 Å². The molecule has 106 valence electrons. The maximum Gasteiger partial charge on any atom is 0.272 e. The average molecular weight is 340 g/mol. The molecule has 6 heteroatoms. The molecule has 0 aliphatic heterocycles. The number of hydrogen-bond acceptors (Lipinski definition) is 1. The Morgan fingerprint density at radius 3 is 2.48 bits per heavy atom. The Morgan fingerprint density at radius 1 is 1.00 bits per heavy atom. The fourth-order valence-corrected chi connectivity index (χ4v) is 2.61. The van der Waals surface area contributed by atoms with Gasteiger partial charge in [0.25, 0.3) is 5.91 Å². The van der Waals surface area contributed by atoms with Gasteiger partial charge < -0.3 is 10.3 Å². The first-order chi connectivity index (χ1) is 10.1. The third kappa shape index (κ3) is 2.72. The minimum Gasteiger partial charge on any atom is -0.349 e. The number of halogens is 3. The maximum atomic E-state index is 12.3. The summed E-state index contributed by atoms with van der Waals surface area (Å²) in [5, 5.41) is 4.84. The van der Waals surface area contributed by atoms with Gasteiger partial charge in [-0.3, -0.25) is 4.79 Å². The number of nitrogens with one attached hydrogen (secondary N) is 2. The molecule has 3 rings (SSSR count). The lowest BCUT2D eigenvalue weighted by Gasteiger charge is -2.06. The molecule has 3 nitrogen and oxygen atoms in total. The fourth-order valence-electron chi connectivity index (χ4n) is 2.03. The van der Waals surface area contributed by atoms with Crippen molar-refractivity contribution in [1.29, 1.82) is 0 Å². The van der Waals surface area contributed by atoms with Crippen LogP contribution in [0.4, 0.5) is 5.69 Å².